The van der Waals surface area contributed by atoms with Crippen molar-refractivity contribution < 1.29 is 23.2 Å². The van der Waals surface area contributed by atoms with Crippen LogP contribution in [0.1, 0.15) is 39.5 Å². The quantitative estimate of drug-likeness (QED) is 0.228. The highest BCUT2D eigenvalue weighted by Crippen LogP contribution is 2.19. The minimum atomic E-state index is -0.545. The van der Waals surface area contributed by atoms with Gasteiger partial charge in [-0.05, 0) is 45.1 Å². The molecule has 0 aliphatic heterocycles. The number of hydrogen-bond donors (Lipinski definition) is 0. The van der Waals surface area contributed by atoms with Crippen LogP contribution in [0.4, 0.5) is 0 Å². The van der Waals surface area contributed by atoms with Gasteiger partial charge < -0.3 is 13.6 Å². The SMILES string of the molecule is C=C(C)C(=O)OCCCC(CCCOC(=O)C(=C)C)[SiH2]O[SiH3]. The highest BCUT2D eigenvalue weighted by atomic mass is 28.3. The summed E-state index contributed by atoms with van der Waals surface area (Å²) in [7, 11) is 0.218. The smallest absolute Gasteiger partial charge is 0.333 e. The lowest BCUT2D eigenvalue weighted by atomic mass is 10.1. The van der Waals surface area contributed by atoms with Crippen molar-refractivity contribution in [3.63, 3.8) is 0 Å². The van der Waals surface area contributed by atoms with Crippen LogP contribution in [0.3, 0.4) is 0 Å². The van der Waals surface area contributed by atoms with E-state index in [-0.39, 0.29) is 11.9 Å². The van der Waals surface area contributed by atoms with Gasteiger partial charge in [-0.2, -0.15) is 0 Å². The molecule has 0 atom stereocenters. The molecular formula is C15H28O5Si2. The van der Waals surface area contributed by atoms with Crippen molar-refractivity contribution in [2.24, 2.45) is 0 Å². The van der Waals surface area contributed by atoms with Crippen molar-refractivity contribution >= 4 is 32.2 Å². The third-order valence-electron chi connectivity index (χ3n) is 3.08. The summed E-state index contributed by atoms with van der Waals surface area (Å²) in [4.78, 5) is 22.5. The Morgan fingerprint density at radius 2 is 1.41 bits per heavy atom. The van der Waals surface area contributed by atoms with Gasteiger partial charge in [-0.3, -0.25) is 0 Å². The van der Waals surface area contributed by atoms with Gasteiger partial charge in [0.25, 0.3) is 0 Å². The molecule has 22 heavy (non-hydrogen) atoms. The van der Waals surface area contributed by atoms with Crippen molar-refractivity contribution in [2.45, 2.75) is 45.1 Å². The number of hydrogen-bond acceptors (Lipinski definition) is 5. The molecule has 0 bridgehead atoms. The molecule has 0 amide bonds. The van der Waals surface area contributed by atoms with Gasteiger partial charge in [-0.1, -0.05) is 13.2 Å². The highest BCUT2D eigenvalue weighted by Gasteiger charge is 2.11. The zero-order chi connectivity index (χ0) is 17.0. The zero-order valence-corrected chi connectivity index (χ0v) is 17.4. The molecule has 0 heterocycles. The van der Waals surface area contributed by atoms with Crippen LogP contribution in [0.2, 0.25) is 5.54 Å². The van der Waals surface area contributed by atoms with Crippen LogP contribution in [0, 0.1) is 0 Å². The molecular weight excluding hydrogens is 316 g/mol. The standard InChI is InChI=1S/C15H28O5Si2/c1-11(2)14(16)18-9-5-7-13(22-20-21)8-6-10-19-15(17)12(3)4/h13H,1,3,5-10,22H2,2,4,21H3. The van der Waals surface area contributed by atoms with Crippen molar-refractivity contribution in [1.82, 2.24) is 0 Å². The molecule has 0 aliphatic carbocycles. The normalized spacial score (nSPS) is 11.0. The average Bonchev–Trinajstić information content (AvgIpc) is 2.46. The first-order chi connectivity index (χ1) is 10.4. The minimum Gasteiger partial charge on any atom is -0.468 e. The Hall–Kier alpha value is -1.19. The van der Waals surface area contributed by atoms with Crippen LogP contribution in [0.15, 0.2) is 24.3 Å². The van der Waals surface area contributed by atoms with E-state index in [1.807, 2.05) is 0 Å². The molecule has 0 fully saturated rings. The van der Waals surface area contributed by atoms with Gasteiger partial charge in [0.15, 0.2) is 0 Å². The van der Waals surface area contributed by atoms with E-state index in [1.165, 1.54) is 0 Å². The number of carbonyl (C=O) groups excluding carboxylic acids is 2. The molecule has 0 N–H and O–H groups in total. The van der Waals surface area contributed by atoms with E-state index < -0.39 is 9.76 Å². The summed E-state index contributed by atoms with van der Waals surface area (Å²) >= 11 is 0. The molecule has 0 aromatic carbocycles. The van der Waals surface area contributed by atoms with E-state index >= 15 is 0 Å². The third-order valence-corrected chi connectivity index (χ3v) is 5.70. The maximum absolute atomic E-state index is 11.3. The molecule has 0 unspecified atom stereocenters. The van der Waals surface area contributed by atoms with Gasteiger partial charge in [0, 0.05) is 11.1 Å². The van der Waals surface area contributed by atoms with Gasteiger partial charge in [0.2, 0.25) is 0 Å². The monoisotopic (exact) mass is 344 g/mol. The lowest BCUT2D eigenvalue weighted by Crippen LogP contribution is -2.12. The fourth-order valence-corrected chi connectivity index (χ4v) is 4.66. The first-order valence-corrected chi connectivity index (χ1v) is 9.73. The largest absolute Gasteiger partial charge is 0.468 e. The Labute approximate surface area is 138 Å². The molecule has 0 spiro atoms. The van der Waals surface area contributed by atoms with Crippen LogP contribution < -0.4 is 0 Å². The Morgan fingerprint density at radius 3 is 1.73 bits per heavy atom. The highest BCUT2D eigenvalue weighted by molar-refractivity contribution is 6.36. The lowest BCUT2D eigenvalue weighted by Gasteiger charge is -2.15. The summed E-state index contributed by atoms with van der Waals surface area (Å²) in [6.07, 6.45) is 3.61. The van der Waals surface area contributed by atoms with Gasteiger partial charge in [-0.15, -0.1) is 0 Å². The Kier molecular flexibility index (Phi) is 11.7. The number of esters is 2. The van der Waals surface area contributed by atoms with Crippen LogP contribution in [0.25, 0.3) is 0 Å². The van der Waals surface area contributed by atoms with Gasteiger partial charge in [0.1, 0.15) is 20.2 Å². The van der Waals surface area contributed by atoms with Crippen molar-refractivity contribution in [3.8, 4) is 0 Å². The predicted molar refractivity (Wildman–Crippen MR) is 93.3 cm³/mol. The second kappa shape index (κ2) is 12.4. The van der Waals surface area contributed by atoms with Gasteiger partial charge in [-0.25, -0.2) is 9.59 Å². The Morgan fingerprint density at radius 1 is 1.00 bits per heavy atom. The van der Waals surface area contributed by atoms with E-state index in [2.05, 4.69) is 13.2 Å². The molecule has 0 rings (SSSR count). The second-order valence-electron chi connectivity index (χ2n) is 5.44. The Bertz CT molecular complexity index is 361. The van der Waals surface area contributed by atoms with Gasteiger partial charge in [0.05, 0.1) is 13.2 Å². The number of rotatable bonds is 12. The van der Waals surface area contributed by atoms with E-state index in [0.29, 0.717) is 29.9 Å². The molecule has 0 aliphatic rings. The molecule has 0 aromatic heterocycles. The fraction of sp³-hybridized carbons (Fsp3) is 0.600. The average molecular weight is 345 g/mol. The summed E-state index contributed by atoms with van der Waals surface area (Å²) in [5.41, 5.74) is 1.38. The summed E-state index contributed by atoms with van der Waals surface area (Å²) in [6.45, 7) is 11.2. The van der Waals surface area contributed by atoms with Gasteiger partial charge >= 0.3 is 11.9 Å². The van der Waals surface area contributed by atoms with Crippen LogP contribution in [-0.4, -0.2) is 45.4 Å². The maximum atomic E-state index is 11.3. The van der Waals surface area contributed by atoms with Crippen LogP contribution >= 0.6 is 0 Å². The van der Waals surface area contributed by atoms with E-state index in [4.69, 9.17) is 13.6 Å². The second-order valence-corrected chi connectivity index (χ2v) is 9.24. The molecule has 5 nitrogen and oxygen atoms in total. The Balaban J connectivity index is 3.86. The van der Waals surface area contributed by atoms with E-state index in [0.717, 1.165) is 36.2 Å². The summed E-state index contributed by atoms with van der Waals surface area (Å²) in [6, 6.07) is 0. The summed E-state index contributed by atoms with van der Waals surface area (Å²) < 4.78 is 15.6. The minimum absolute atomic E-state index is 0.334. The number of carbonyl (C=O) groups is 2. The van der Waals surface area contributed by atoms with Crippen LogP contribution in [-0.2, 0) is 23.2 Å². The van der Waals surface area contributed by atoms with E-state index in [1.54, 1.807) is 13.8 Å². The molecule has 0 saturated heterocycles. The fourth-order valence-electron chi connectivity index (χ4n) is 1.87. The molecule has 0 saturated carbocycles. The topological polar surface area (TPSA) is 61.8 Å². The zero-order valence-electron chi connectivity index (χ0n) is 14.0. The first kappa shape index (κ1) is 20.8. The molecule has 0 aromatic rings. The lowest BCUT2D eigenvalue weighted by molar-refractivity contribution is -0.139. The van der Waals surface area contributed by atoms with Crippen molar-refractivity contribution in [3.05, 3.63) is 24.3 Å². The summed E-state index contributed by atoms with van der Waals surface area (Å²) in [5, 5.41) is 0. The molecule has 7 heteroatoms. The first-order valence-electron chi connectivity index (χ1n) is 7.52. The maximum Gasteiger partial charge on any atom is 0.333 e. The molecule has 0 radical (unpaired) electrons. The summed E-state index contributed by atoms with van der Waals surface area (Å²) in [5.74, 6) is -0.667. The predicted octanol–water partition coefficient (Wildman–Crippen LogP) is 0.955. The van der Waals surface area contributed by atoms with Crippen molar-refractivity contribution in [1.29, 1.82) is 0 Å². The third kappa shape index (κ3) is 10.5. The van der Waals surface area contributed by atoms with Crippen LogP contribution in [0.5, 0.6) is 0 Å². The number of ether oxygens (including phenoxy) is 2. The van der Waals surface area contributed by atoms with E-state index in [9.17, 15) is 9.59 Å². The van der Waals surface area contributed by atoms with Crippen molar-refractivity contribution in [2.75, 3.05) is 13.2 Å². The molecule has 126 valence electrons.